The zero-order valence-electron chi connectivity index (χ0n) is 10.8. The van der Waals surface area contributed by atoms with Crippen molar-refractivity contribution in [2.24, 2.45) is 0 Å². The van der Waals surface area contributed by atoms with Crippen molar-refractivity contribution in [3.63, 3.8) is 0 Å². The lowest BCUT2D eigenvalue weighted by Gasteiger charge is -2.18. The fourth-order valence-electron chi connectivity index (χ4n) is 1.55. The van der Waals surface area contributed by atoms with Crippen molar-refractivity contribution in [3.8, 4) is 11.5 Å². The van der Waals surface area contributed by atoms with Gasteiger partial charge in [-0.3, -0.25) is 4.79 Å². The lowest BCUT2D eigenvalue weighted by molar-refractivity contribution is 0.0487. The number of aryl methyl sites for hydroxylation is 1. The van der Waals surface area contributed by atoms with Crippen LogP contribution in [0.3, 0.4) is 0 Å². The molecule has 0 radical (unpaired) electrons. The van der Waals surface area contributed by atoms with Crippen molar-refractivity contribution in [2.75, 3.05) is 14.2 Å². The Morgan fingerprint density at radius 3 is 2.06 bits per heavy atom. The van der Waals surface area contributed by atoms with Gasteiger partial charge in [-0.2, -0.15) is 0 Å². The number of rotatable bonds is 4. The second-order valence-electron chi connectivity index (χ2n) is 4.41. The molecule has 0 atom stereocenters. The van der Waals surface area contributed by atoms with Crippen LogP contribution in [-0.2, 0) is 0 Å². The van der Waals surface area contributed by atoms with E-state index in [2.05, 4.69) is 0 Å². The number of methoxy groups -OCH3 is 2. The molecule has 0 heterocycles. The maximum absolute atomic E-state index is 12.0. The number of Topliss-reactive ketones (excluding diaryl/α,β-unsaturated/α-hetero) is 1. The van der Waals surface area contributed by atoms with Gasteiger partial charge in [0, 0.05) is 5.56 Å². The average molecular weight is 238 g/mol. The highest BCUT2D eigenvalue weighted by Gasteiger charge is 2.27. The first kappa shape index (κ1) is 13.5. The first-order valence-electron chi connectivity index (χ1n) is 5.31. The van der Waals surface area contributed by atoms with E-state index in [9.17, 15) is 9.90 Å². The van der Waals surface area contributed by atoms with Gasteiger partial charge in [-0.05, 0) is 38.5 Å². The molecule has 0 saturated heterocycles. The zero-order valence-corrected chi connectivity index (χ0v) is 10.8. The van der Waals surface area contributed by atoms with Gasteiger partial charge in [0.1, 0.15) is 5.60 Å². The predicted molar refractivity (Wildman–Crippen MR) is 64.9 cm³/mol. The Hall–Kier alpha value is -1.55. The van der Waals surface area contributed by atoms with Crippen LogP contribution in [0, 0.1) is 6.92 Å². The lowest BCUT2D eigenvalue weighted by atomic mass is 9.93. The summed E-state index contributed by atoms with van der Waals surface area (Å²) in [5, 5.41) is 9.73. The number of hydrogen-bond donors (Lipinski definition) is 1. The number of benzene rings is 1. The fourth-order valence-corrected chi connectivity index (χ4v) is 1.55. The molecule has 0 aliphatic carbocycles. The second kappa shape index (κ2) is 4.75. The van der Waals surface area contributed by atoms with Gasteiger partial charge in [0.2, 0.25) is 0 Å². The van der Waals surface area contributed by atoms with E-state index in [0.717, 1.165) is 5.56 Å². The molecule has 94 valence electrons. The third-order valence-corrected chi connectivity index (χ3v) is 2.53. The minimum absolute atomic E-state index is 0.337. The van der Waals surface area contributed by atoms with Gasteiger partial charge in [0.15, 0.2) is 17.3 Å². The summed E-state index contributed by atoms with van der Waals surface area (Å²) in [6.07, 6.45) is 0. The largest absolute Gasteiger partial charge is 0.493 e. The van der Waals surface area contributed by atoms with Crippen LogP contribution in [0.2, 0.25) is 0 Å². The Bertz CT molecular complexity index is 430. The molecule has 0 aromatic heterocycles. The summed E-state index contributed by atoms with van der Waals surface area (Å²) in [5.74, 6) is 0.707. The van der Waals surface area contributed by atoms with Gasteiger partial charge in [-0.25, -0.2) is 0 Å². The van der Waals surface area contributed by atoms with Crippen molar-refractivity contribution >= 4 is 5.78 Å². The average Bonchev–Trinajstić information content (AvgIpc) is 2.26. The number of ketones is 1. The summed E-state index contributed by atoms with van der Waals surface area (Å²) >= 11 is 0. The van der Waals surface area contributed by atoms with Gasteiger partial charge in [0.25, 0.3) is 0 Å². The van der Waals surface area contributed by atoms with E-state index in [4.69, 9.17) is 9.47 Å². The molecule has 0 fully saturated rings. The molecular weight excluding hydrogens is 220 g/mol. The van der Waals surface area contributed by atoms with E-state index in [1.54, 1.807) is 19.1 Å². The SMILES string of the molecule is COc1cc(C)c(C(=O)C(C)(C)O)cc1OC. The quantitative estimate of drug-likeness (QED) is 0.815. The van der Waals surface area contributed by atoms with Crippen LogP contribution >= 0.6 is 0 Å². The molecule has 1 rings (SSSR count). The summed E-state index contributed by atoms with van der Waals surface area (Å²) in [4.78, 5) is 12.0. The van der Waals surface area contributed by atoms with E-state index in [1.165, 1.54) is 28.1 Å². The fraction of sp³-hybridized carbons (Fsp3) is 0.462. The number of ether oxygens (including phenoxy) is 2. The summed E-state index contributed by atoms with van der Waals surface area (Å²) in [6.45, 7) is 4.72. The van der Waals surface area contributed by atoms with E-state index in [-0.39, 0.29) is 5.78 Å². The molecule has 1 aromatic rings. The molecule has 0 amide bonds. The molecule has 1 N–H and O–H groups in total. The predicted octanol–water partition coefficient (Wildman–Crippen LogP) is 1.97. The maximum atomic E-state index is 12.0. The molecule has 0 bridgehead atoms. The Morgan fingerprint density at radius 1 is 1.18 bits per heavy atom. The molecule has 0 saturated carbocycles. The van der Waals surface area contributed by atoms with Crippen LogP contribution in [0.5, 0.6) is 11.5 Å². The van der Waals surface area contributed by atoms with Crippen molar-refractivity contribution in [1.82, 2.24) is 0 Å². The first-order chi connectivity index (χ1) is 7.81. The lowest BCUT2D eigenvalue weighted by Crippen LogP contribution is -2.31. The molecular formula is C13H18O4. The Morgan fingerprint density at radius 2 is 1.65 bits per heavy atom. The molecule has 0 aliphatic rings. The minimum atomic E-state index is -1.40. The standard InChI is InChI=1S/C13H18O4/c1-8-6-10(16-4)11(17-5)7-9(8)12(14)13(2,3)15/h6-7,15H,1-5H3. The topological polar surface area (TPSA) is 55.8 Å². The van der Waals surface area contributed by atoms with E-state index >= 15 is 0 Å². The van der Waals surface area contributed by atoms with Crippen LogP contribution < -0.4 is 9.47 Å². The Kier molecular flexibility index (Phi) is 3.78. The smallest absolute Gasteiger partial charge is 0.194 e. The highest BCUT2D eigenvalue weighted by molar-refractivity contribution is 6.03. The number of aliphatic hydroxyl groups is 1. The van der Waals surface area contributed by atoms with Gasteiger partial charge in [-0.15, -0.1) is 0 Å². The summed E-state index contributed by atoms with van der Waals surface area (Å²) in [5.41, 5.74) is -0.213. The van der Waals surface area contributed by atoms with Crippen LogP contribution in [0.1, 0.15) is 29.8 Å². The van der Waals surface area contributed by atoms with E-state index in [0.29, 0.717) is 17.1 Å². The third kappa shape index (κ3) is 2.77. The van der Waals surface area contributed by atoms with Crippen molar-refractivity contribution in [2.45, 2.75) is 26.4 Å². The molecule has 0 aliphatic heterocycles. The molecule has 4 nitrogen and oxygen atoms in total. The Balaban J connectivity index is 3.31. The van der Waals surface area contributed by atoms with Crippen LogP contribution in [0.4, 0.5) is 0 Å². The summed E-state index contributed by atoms with van der Waals surface area (Å²) in [6, 6.07) is 3.31. The van der Waals surface area contributed by atoms with Gasteiger partial charge in [-0.1, -0.05) is 0 Å². The van der Waals surface area contributed by atoms with Gasteiger partial charge >= 0.3 is 0 Å². The van der Waals surface area contributed by atoms with Crippen LogP contribution in [0.15, 0.2) is 12.1 Å². The normalized spacial score (nSPS) is 11.2. The first-order valence-corrected chi connectivity index (χ1v) is 5.31. The summed E-state index contributed by atoms with van der Waals surface area (Å²) in [7, 11) is 3.04. The van der Waals surface area contributed by atoms with Crippen LogP contribution in [-0.4, -0.2) is 30.7 Å². The highest BCUT2D eigenvalue weighted by Crippen LogP contribution is 2.31. The third-order valence-electron chi connectivity index (χ3n) is 2.53. The van der Waals surface area contributed by atoms with Crippen molar-refractivity contribution in [1.29, 1.82) is 0 Å². The summed E-state index contributed by atoms with van der Waals surface area (Å²) < 4.78 is 10.3. The van der Waals surface area contributed by atoms with E-state index in [1.807, 2.05) is 0 Å². The van der Waals surface area contributed by atoms with E-state index < -0.39 is 5.60 Å². The molecule has 17 heavy (non-hydrogen) atoms. The minimum Gasteiger partial charge on any atom is -0.493 e. The van der Waals surface area contributed by atoms with Crippen molar-refractivity contribution < 1.29 is 19.4 Å². The number of hydrogen-bond acceptors (Lipinski definition) is 4. The van der Waals surface area contributed by atoms with Crippen molar-refractivity contribution in [3.05, 3.63) is 23.3 Å². The van der Waals surface area contributed by atoms with Gasteiger partial charge < -0.3 is 14.6 Å². The number of carbonyl (C=O) groups excluding carboxylic acids is 1. The molecule has 1 aromatic carbocycles. The molecule has 0 spiro atoms. The zero-order chi connectivity index (χ0) is 13.2. The van der Waals surface area contributed by atoms with Crippen LogP contribution in [0.25, 0.3) is 0 Å². The monoisotopic (exact) mass is 238 g/mol. The maximum Gasteiger partial charge on any atom is 0.194 e. The highest BCUT2D eigenvalue weighted by atomic mass is 16.5. The Labute approximate surface area is 101 Å². The molecule has 0 unspecified atom stereocenters. The molecule has 4 heteroatoms. The van der Waals surface area contributed by atoms with Gasteiger partial charge in [0.05, 0.1) is 14.2 Å². The number of carbonyl (C=O) groups is 1. The second-order valence-corrected chi connectivity index (χ2v) is 4.41.